The van der Waals surface area contributed by atoms with Crippen LogP contribution in [0.25, 0.3) is 0 Å². The van der Waals surface area contributed by atoms with Crippen LogP contribution in [0.1, 0.15) is 138 Å². The van der Waals surface area contributed by atoms with Crippen LogP contribution in [-0.4, -0.2) is 74.2 Å². The van der Waals surface area contributed by atoms with Gasteiger partial charge in [-0.15, -0.1) is 0 Å². The highest BCUT2D eigenvalue weighted by molar-refractivity contribution is 5.75. The Labute approximate surface area is 280 Å². The smallest absolute Gasteiger partial charge is 0.311 e. The van der Waals surface area contributed by atoms with Crippen LogP contribution < -0.4 is 0 Å². The molecule has 46 heavy (non-hydrogen) atoms. The van der Waals surface area contributed by atoms with Crippen molar-refractivity contribution in [2.75, 3.05) is 33.4 Å². The zero-order valence-electron chi connectivity index (χ0n) is 30.5. The van der Waals surface area contributed by atoms with E-state index in [1.165, 1.54) is 58.0 Å². The molecular formula is C39H67NO6. The molecular weight excluding hydrogens is 578 g/mol. The molecule has 0 bridgehead atoms. The largest absolute Gasteiger partial charge is 0.462 e. The summed E-state index contributed by atoms with van der Waals surface area (Å²) in [6.45, 7) is 17.0. The lowest BCUT2D eigenvalue weighted by Gasteiger charge is -2.49. The summed E-state index contributed by atoms with van der Waals surface area (Å²) in [6.07, 6.45) is 18.2. The van der Waals surface area contributed by atoms with Crippen molar-refractivity contribution in [1.82, 2.24) is 4.90 Å². The molecule has 1 saturated heterocycles. The van der Waals surface area contributed by atoms with Gasteiger partial charge in [0.2, 0.25) is 0 Å². The van der Waals surface area contributed by atoms with E-state index in [2.05, 4.69) is 25.7 Å². The predicted molar refractivity (Wildman–Crippen MR) is 182 cm³/mol. The molecule has 0 aromatic carbocycles. The van der Waals surface area contributed by atoms with Crippen molar-refractivity contribution in [3.8, 4) is 0 Å². The van der Waals surface area contributed by atoms with Crippen LogP contribution in [0.5, 0.6) is 0 Å². The minimum Gasteiger partial charge on any atom is -0.462 e. The number of esters is 1. The normalized spacial score (nSPS) is 35.1. The second kappa shape index (κ2) is 16.1. The summed E-state index contributed by atoms with van der Waals surface area (Å²) in [5, 5.41) is 0. The van der Waals surface area contributed by atoms with Crippen LogP contribution in [0, 0.1) is 29.1 Å². The van der Waals surface area contributed by atoms with Gasteiger partial charge in [0, 0.05) is 12.5 Å². The van der Waals surface area contributed by atoms with Gasteiger partial charge < -0.3 is 19.1 Å². The number of nitrogens with zero attached hydrogens (tertiary/aromatic N) is 1. The van der Waals surface area contributed by atoms with Gasteiger partial charge in [-0.2, -0.15) is 0 Å². The highest BCUT2D eigenvalue weighted by Crippen LogP contribution is 2.50. The number of carbonyl (C=O) groups excluding carboxylic acids is 1. The zero-order chi connectivity index (χ0) is 32.9. The molecule has 2 heterocycles. The van der Waals surface area contributed by atoms with Gasteiger partial charge in [-0.25, -0.2) is 9.78 Å². The van der Waals surface area contributed by atoms with Crippen LogP contribution in [-0.2, 0) is 28.8 Å². The molecule has 0 aromatic rings. The number of fused-ring (bicyclic) bond motifs is 1. The Kier molecular flexibility index (Phi) is 12.7. The van der Waals surface area contributed by atoms with E-state index in [1.807, 2.05) is 20.8 Å². The number of likely N-dealkylation sites (tertiary alicyclic amines) is 1. The fraction of sp³-hybridized carbons (Fsp3) is 0.923. The van der Waals surface area contributed by atoms with E-state index in [0.717, 1.165) is 64.5 Å². The van der Waals surface area contributed by atoms with Gasteiger partial charge in [-0.3, -0.25) is 4.79 Å². The van der Waals surface area contributed by atoms with Gasteiger partial charge in [-0.05, 0) is 168 Å². The summed E-state index contributed by atoms with van der Waals surface area (Å²) in [5.74, 6) is 2.11. The van der Waals surface area contributed by atoms with Crippen molar-refractivity contribution in [3.63, 3.8) is 0 Å². The monoisotopic (exact) mass is 645 g/mol. The zero-order valence-corrected chi connectivity index (χ0v) is 30.5. The van der Waals surface area contributed by atoms with Gasteiger partial charge in [0.05, 0.1) is 43.0 Å². The van der Waals surface area contributed by atoms with Crippen molar-refractivity contribution in [1.29, 1.82) is 0 Å². The summed E-state index contributed by atoms with van der Waals surface area (Å²) < 4.78 is 19.8. The molecule has 4 atom stereocenters. The van der Waals surface area contributed by atoms with Gasteiger partial charge in [0.15, 0.2) is 0 Å². The van der Waals surface area contributed by atoms with E-state index in [-0.39, 0.29) is 29.9 Å². The van der Waals surface area contributed by atoms with E-state index in [1.54, 1.807) is 18.3 Å². The third-order valence-corrected chi connectivity index (χ3v) is 12.0. The first-order valence-electron chi connectivity index (χ1n) is 19.1. The quantitative estimate of drug-likeness (QED) is 0.0967. The molecule has 0 radical (unpaired) electrons. The number of rotatable bonds is 11. The first kappa shape index (κ1) is 36.3. The lowest BCUT2D eigenvalue weighted by molar-refractivity contribution is -0.339. The van der Waals surface area contributed by atoms with Crippen LogP contribution in [0.4, 0.5) is 0 Å². The van der Waals surface area contributed by atoms with Crippen molar-refractivity contribution < 1.29 is 28.8 Å². The van der Waals surface area contributed by atoms with E-state index in [4.69, 9.17) is 24.0 Å². The highest BCUT2D eigenvalue weighted by atomic mass is 17.2. The maximum Gasteiger partial charge on any atom is 0.311 e. The number of hydrogen-bond acceptors (Lipinski definition) is 7. The summed E-state index contributed by atoms with van der Waals surface area (Å²) in [7, 11) is 1.61. The van der Waals surface area contributed by atoms with Crippen LogP contribution in [0.15, 0.2) is 11.1 Å². The molecule has 5 rings (SSSR count). The first-order valence-corrected chi connectivity index (χ1v) is 19.1. The molecule has 0 amide bonds. The molecule has 0 N–H and O–H groups in total. The Morgan fingerprint density at radius 1 is 0.870 bits per heavy atom. The van der Waals surface area contributed by atoms with Crippen molar-refractivity contribution in [2.45, 2.75) is 168 Å². The molecule has 3 unspecified atom stereocenters. The highest BCUT2D eigenvalue weighted by Gasteiger charge is 2.46. The molecule has 5 aliphatic rings. The molecule has 3 aliphatic carbocycles. The van der Waals surface area contributed by atoms with E-state index in [0.29, 0.717) is 29.8 Å². The lowest BCUT2D eigenvalue weighted by atomic mass is 9.66. The Hall–Kier alpha value is -0.990. The molecule has 264 valence electrons. The average molecular weight is 646 g/mol. The van der Waals surface area contributed by atoms with Crippen molar-refractivity contribution >= 4 is 5.97 Å². The molecule has 0 aromatic heterocycles. The molecule has 0 spiro atoms. The van der Waals surface area contributed by atoms with Gasteiger partial charge in [0.1, 0.15) is 6.10 Å². The first-order chi connectivity index (χ1) is 21.9. The SMILES string of the molecule is COOC(C)(C)CC1CCC2C(C)=C(C3CCC(OC(=O)C(C)(C)C)CC3)[C@H](C3CCC(OCCN4CCCCC4)CC3)OC2C1. The molecule has 3 saturated carbocycles. The van der Waals surface area contributed by atoms with Gasteiger partial charge in [-0.1, -0.05) is 12.0 Å². The lowest BCUT2D eigenvalue weighted by Crippen LogP contribution is -2.47. The Morgan fingerprint density at radius 3 is 2.20 bits per heavy atom. The molecule has 2 aliphatic heterocycles. The third-order valence-electron chi connectivity index (χ3n) is 12.0. The minimum atomic E-state index is -0.451. The van der Waals surface area contributed by atoms with Gasteiger partial charge in [0.25, 0.3) is 0 Å². The maximum absolute atomic E-state index is 12.6. The summed E-state index contributed by atoms with van der Waals surface area (Å²) in [4.78, 5) is 25.9. The topological polar surface area (TPSA) is 66.5 Å². The van der Waals surface area contributed by atoms with E-state index in [9.17, 15) is 4.79 Å². The minimum absolute atomic E-state index is 0.0465. The second-order valence-corrected chi connectivity index (χ2v) is 17.2. The Bertz CT molecular complexity index is 996. The fourth-order valence-corrected chi connectivity index (χ4v) is 9.53. The average Bonchev–Trinajstić information content (AvgIpc) is 3.01. The summed E-state index contributed by atoms with van der Waals surface area (Å²) in [6, 6.07) is 0. The summed E-state index contributed by atoms with van der Waals surface area (Å²) in [5.41, 5.74) is 2.50. The molecule has 7 heteroatoms. The van der Waals surface area contributed by atoms with Crippen molar-refractivity contribution in [3.05, 3.63) is 11.1 Å². The Morgan fingerprint density at radius 2 is 1.54 bits per heavy atom. The van der Waals surface area contributed by atoms with Crippen LogP contribution in [0.3, 0.4) is 0 Å². The third kappa shape index (κ3) is 9.58. The Balaban J connectivity index is 1.24. The standard InChI is InChI=1S/C39H67NO6/c1-27-33-20-11-28(26-39(5,6)46-42-7)25-34(33)45-36(35(27)29-12-18-32(19-13-29)44-37(41)38(2,3)4)30-14-16-31(17-15-30)43-24-23-40-21-9-8-10-22-40/h28-34,36H,8-26H2,1-7H3/t28?,29?,30?,31?,32?,33?,34?,36-/m0/s1. The molecule has 7 nitrogen and oxygen atoms in total. The fourth-order valence-electron chi connectivity index (χ4n) is 9.53. The van der Waals surface area contributed by atoms with Crippen LogP contribution in [0.2, 0.25) is 0 Å². The number of ether oxygens (including phenoxy) is 3. The number of piperidine rings is 1. The van der Waals surface area contributed by atoms with E-state index < -0.39 is 5.41 Å². The van der Waals surface area contributed by atoms with Gasteiger partial charge >= 0.3 is 5.97 Å². The predicted octanol–water partition coefficient (Wildman–Crippen LogP) is 8.44. The number of hydrogen-bond donors (Lipinski definition) is 0. The maximum atomic E-state index is 12.6. The van der Waals surface area contributed by atoms with Crippen LogP contribution >= 0.6 is 0 Å². The van der Waals surface area contributed by atoms with E-state index >= 15 is 0 Å². The summed E-state index contributed by atoms with van der Waals surface area (Å²) >= 11 is 0. The molecule has 4 fully saturated rings. The number of carbonyl (C=O) groups is 1. The van der Waals surface area contributed by atoms with Crippen molar-refractivity contribution in [2.24, 2.45) is 29.1 Å². The second-order valence-electron chi connectivity index (χ2n) is 17.2.